The number of rotatable bonds is 4. The van der Waals surface area contributed by atoms with Gasteiger partial charge >= 0.3 is 0 Å². The predicted octanol–water partition coefficient (Wildman–Crippen LogP) is 3.50. The number of nitrogens with one attached hydrogen (secondary N) is 1. The molecule has 20 heavy (non-hydrogen) atoms. The fourth-order valence-corrected chi connectivity index (χ4v) is 2.01. The molecule has 0 aliphatic heterocycles. The van der Waals surface area contributed by atoms with Gasteiger partial charge in [0.1, 0.15) is 5.82 Å². The second-order valence-electron chi connectivity index (χ2n) is 4.44. The van der Waals surface area contributed by atoms with Gasteiger partial charge in [0, 0.05) is 28.4 Å². The van der Waals surface area contributed by atoms with E-state index in [1.54, 1.807) is 12.1 Å². The van der Waals surface area contributed by atoms with E-state index in [4.69, 9.17) is 17.3 Å². The minimum atomic E-state index is -0.644. The molecule has 0 unspecified atom stereocenters. The van der Waals surface area contributed by atoms with Crippen LogP contribution in [0.5, 0.6) is 0 Å². The third-order valence-electron chi connectivity index (χ3n) is 3.07. The van der Waals surface area contributed by atoms with Crippen LogP contribution in [0.1, 0.15) is 21.5 Å². The van der Waals surface area contributed by atoms with Crippen molar-refractivity contribution in [3.8, 4) is 0 Å². The van der Waals surface area contributed by atoms with Gasteiger partial charge in [-0.05, 0) is 36.8 Å². The maximum atomic E-state index is 13.8. The van der Waals surface area contributed by atoms with Crippen molar-refractivity contribution in [1.29, 1.82) is 0 Å². The molecule has 0 heterocycles. The van der Waals surface area contributed by atoms with Crippen LogP contribution in [0.25, 0.3) is 0 Å². The van der Waals surface area contributed by atoms with Crippen molar-refractivity contribution >= 4 is 23.2 Å². The number of benzene rings is 2. The average Bonchev–Trinajstić information content (AvgIpc) is 2.41. The van der Waals surface area contributed by atoms with Crippen molar-refractivity contribution in [2.45, 2.75) is 13.5 Å². The Hall–Kier alpha value is -2.07. The van der Waals surface area contributed by atoms with Gasteiger partial charge < -0.3 is 11.1 Å². The quantitative estimate of drug-likeness (QED) is 0.906. The van der Waals surface area contributed by atoms with Gasteiger partial charge in [0.15, 0.2) is 0 Å². The number of carbonyl (C=O) groups excluding carboxylic acids is 1. The van der Waals surface area contributed by atoms with Crippen LogP contribution < -0.4 is 11.1 Å². The molecule has 0 atom stereocenters. The van der Waals surface area contributed by atoms with E-state index in [-0.39, 0.29) is 5.56 Å². The molecule has 0 radical (unpaired) electrons. The summed E-state index contributed by atoms with van der Waals surface area (Å²) >= 11 is 6.02. The molecule has 0 fully saturated rings. The lowest BCUT2D eigenvalue weighted by Gasteiger charge is -2.11. The van der Waals surface area contributed by atoms with Gasteiger partial charge in [-0.25, -0.2) is 4.39 Å². The van der Waals surface area contributed by atoms with E-state index in [1.807, 2.05) is 19.1 Å². The van der Waals surface area contributed by atoms with Gasteiger partial charge in [-0.15, -0.1) is 0 Å². The van der Waals surface area contributed by atoms with E-state index in [1.165, 1.54) is 6.07 Å². The van der Waals surface area contributed by atoms with Gasteiger partial charge in [0.2, 0.25) is 5.91 Å². The maximum absolute atomic E-state index is 13.8. The van der Waals surface area contributed by atoms with E-state index >= 15 is 0 Å². The Labute approximate surface area is 121 Å². The van der Waals surface area contributed by atoms with Crippen molar-refractivity contribution in [3.05, 3.63) is 63.9 Å². The van der Waals surface area contributed by atoms with Crippen LogP contribution in [-0.4, -0.2) is 5.91 Å². The SMILES string of the molecule is Cc1c(Cl)cccc1NCc1ccc(C(N)=O)cc1F. The summed E-state index contributed by atoms with van der Waals surface area (Å²) in [6.07, 6.45) is 0. The fraction of sp³-hybridized carbons (Fsp3) is 0.133. The van der Waals surface area contributed by atoms with Crippen LogP contribution >= 0.6 is 11.6 Å². The molecule has 2 aromatic rings. The Balaban J connectivity index is 2.15. The molecule has 2 aromatic carbocycles. The molecule has 3 N–H and O–H groups in total. The number of primary amides is 1. The fourth-order valence-electron chi connectivity index (χ4n) is 1.83. The Morgan fingerprint density at radius 3 is 2.75 bits per heavy atom. The third kappa shape index (κ3) is 3.08. The molecule has 0 saturated heterocycles. The minimum absolute atomic E-state index is 0.158. The summed E-state index contributed by atoms with van der Waals surface area (Å²) in [5.74, 6) is -1.11. The van der Waals surface area contributed by atoms with E-state index in [9.17, 15) is 9.18 Å². The lowest BCUT2D eigenvalue weighted by molar-refractivity contribution is 0.1000. The number of halogens is 2. The Morgan fingerprint density at radius 1 is 1.35 bits per heavy atom. The van der Waals surface area contributed by atoms with E-state index in [0.29, 0.717) is 17.1 Å². The molecule has 0 aliphatic rings. The standard InChI is InChI=1S/C15H14ClFN2O/c1-9-12(16)3-2-4-14(9)19-8-11-6-5-10(15(18)20)7-13(11)17/h2-7,19H,8H2,1H3,(H2,18,20). The van der Waals surface area contributed by atoms with Crippen LogP contribution in [0, 0.1) is 12.7 Å². The van der Waals surface area contributed by atoms with Crippen molar-refractivity contribution < 1.29 is 9.18 Å². The molecular formula is C15H14ClFN2O. The summed E-state index contributed by atoms with van der Waals surface area (Å²) in [5, 5.41) is 3.77. The van der Waals surface area contributed by atoms with Crippen LogP contribution in [0.15, 0.2) is 36.4 Å². The molecule has 0 bridgehead atoms. The van der Waals surface area contributed by atoms with Crippen molar-refractivity contribution in [3.63, 3.8) is 0 Å². The molecule has 0 aliphatic carbocycles. The molecule has 3 nitrogen and oxygen atoms in total. The van der Waals surface area contributed by atoms with Crippen molar-refractivity contribution in [2.75, 3.05) is 5.32 Å². The predicted molar refractivity (Wildman–Crippen MR) is 78.4 cm³/mol. The molecule has 1 amide bonds. The zero-order valence-corrected chi connectivity index (χ0v) is 11.7. The first-order chi connectivity index (χ1) is 9.49. The molecule has 0 saturated carbocycles. The summed E-state index contributed by atoms with van der Waals surface area (Å²) in [6, 6.07) is 9.69. The summed E-state index contributed by atoms with van der Waals surface area (Å²) in [5.41, 5.74) is 7.46. The topological polar surface area (TPSA) is 55.1 Å². The lowest BCUT2D eigenvalue weighted by Crippen LogP contribution is -2.12. The summed E-state index contributed by atoms with van der Waals surface area (Å²) in [4.78, 5) is 11.0. The van der Waals surface area contributed by atoms with Crippen molar-refractivity contribution in [1.82, 2.24) is 0 Å². The summed E-state index contributed by atoms with van der Waals surface area (Å²) < 4.78 is 13.8. The zero-order valence-electron chi connectivity index (χ0n) is 10.9. The van der Waals surface area contributed by atoms with Gasteiger partial charge in [0.05, 0.1) is 0 Å². The Morgan fingerprint density at radius 2 is 2.10 bits per heavy atom. The van der Waals surface area contributed by atoms with Gasteiger partial charge in [-0.2, -0.15) is 0 Å². The first kappa shape index (κ1) is 14.3. The number of hydrogen-bond donors (Lipinski definition) is 2. The van der Waals surface area contributed by atoms with E-state index in [2.05, 4.69) is 5.32 Å². The normalized spacial score (nSPS) is 10.3. The number of nitrogens with two attached hydrogens (primary N) is 1. The van der Waals surface area contributed by atoms with Gasteiger partial charge in [-0.1, -0.05) is 23.7 Å². The highest BCUT2D eigenvalue weighted by atomic mass is 35.5. The van der Waals surface area contributed by atoms with Crippen LogP contribution in [0.4, 0.5) is 10.1 Å². The highest BCUT2D eigenvalue weighted by molar-refractivity contribution is 6.31. The number of hydrogen-bond acceptors (Lipinski definition) is 2. The highest BCUT2D eigenvalue weighted by Gasteiger charge is 2.08. The summed E-state index contributed by atoms with van der Waals surface area (Å²) in [6.45, 7) is 2.18. The molecule has 0 spiro atoms. The number of anilines is 1. The number of amides is 1. The minimum Gasteiger partial charge on any atom is -0.381 e. The third-order valence-corrected chi connectivity index (χ3v) is 3.48. The molecular weight excluding hydrogens is 279 g/mol. The smallest absolute Gasteiger partial charge is 0.248 e. The Bertz CT molecular complexity index is 658. The molecule has 0 aromatic heterocycles. The van der Waals surface area contributed by atoms with Crippen LogP contribution in [0.2, 0.25) is 5.02 Å². The van der Waals surface area contributed by atoms with Gasteiger partial charge in [-0.3, -0.25) is 4.79 Å². The maximum Gasteiger partial charge on any atom is 0.248 e. The van der Waals surface area contributed by atoms with Crippen LogP contribution in [-0.2, 0) is 6.54 Å². The van der Waals surface area contributed by atoms with Gasteiger partial charge in [0.25, 0.3) is 0 Å². The average molecular weight is 293 g/mol. The highest BCUT2D eigenvalue weighted by Crippen LogP contribution is 2.23. The largest absolute Gasteiger partial charge is 0.381 e. The zero-order chi connectivity index (χ0) is 14.7. The second-order valence-corrected chi connectivity index (χ2v) is 4.84. The second kappa shape index (κ2) is 5.92. The molecule has 2 rings (SSSR count). The molecule has 104 valence electrons. The lowest BCUT2D eigenvalue weighted by atomic mass is 10.1. The summed E-state index contributed by atoms with van der Waals surface area (Å²) in [7, 11) is 0. The number of carbonyl (C=O) groups is 1. The molecule has 5 heteroatoms. The first-order valence-corrected chi connectivity index (χ1v) is 6.44. The monoisotopic (exact) mass is 292 g/mol. The van der Waals surface area contributed by atoms with Crippen molar-refractivity contribution in [2.24, 2.45) is 5.73 Å². The van der Waals surface area contributed by atoms with E-state index in [0.717, 1.165) is 17.3 Å². The Kier molecular flexibility index (Phi) is 4.25. The van der Waals surface area contributed by atoms with Crippen LogP contribution in [0.3, 0.4) is 0 Å². The first-order valence-electron chi connectivity index (χ1n) is 6.06. The van der Waals surface area contributed by atoms with E-state index < -0.39 is 11.7 Å².